The molecule has 0 aromatic heterocycles. The lowest BCUT2D eigenvalue weighted by atomic mass is 10.0. The molecule has 27 heavy (non-hydrogen) atoms. The average Bonchev–Trinajstić information content (AvgIpc) is 2.68. The maximum Gasteiger partial charge on any atom is 0.251 e. The number of nitrogens with zero attached hydrogens (tertiary/aromatic N) is 1. The summed E-state index contributed by atoms with van der Waals surface area (Å²) in [5.41, 5.74) is 1.06. The molecule has 2 aromatic carbocycles. The van der Waals surface area contributed by atoms with Gasteiger partial charge in [-0.25, -0.2) is 8.78 Å². The van der Waals surface area contributed by atoms with E-state index in [0.717, 1.165) is 55.4 Å². The highest BCUT2D eigenvalue weighted by Gasteiger charge is 2.23. The van der Waals surface area contributed by atoms with Crippen LogP contribution in [-0.2, 0) is 0 Å². The van der Waals surface area contributed by atoms with Gasteiger partial charge in [-0.05, 0) is 55.8 Å². The largest absolute Gasteiger partial charge is 0.497 e. The lowest BCUT2D eigenvalue weighted by Crippen LogP contribution is -2.40. The molecule has 0 bridgehead atoms. The van der Waals surface area contributed by atoms with E-state index in [2.05, 4.69) is 10.2 Å². The molecule has 0 aliphatic carbocycles. The standard InChI is InChI=1S/C21H24F2N2O2/c1-27-19-7-5-15(6-8-19)20(25-9-3-2-4-10-25)14-24-21(26)16-11-17(22)13-18(23)12-16/h5-8,11-13,20H,2-4,9-10,14H2,1H3,(H,24,26). The number of hydrogen-bond donors (Lipinski definition) is 1. The maximum atomic E-state index is 13.4. The smallest absolute Gasteiger partial charge is 0.251 e. The SMILES string of the molecule is COc1ccc(C(CNC(=O)c2cc(F)cc(F)c2)N2CCCCC2)cc1. The summed E-state index contributed by atoms with van der Waals surface area (Å²) in [6.07, 6.45) is 3.45. The van der Waals surface area contributed by atoms with Crippen molar-refractivity contribution in [2.24, 2.45) is 0 Å². The Bertz CT molecular complexity index is 754. The van der Waals surface area contributed by atoms with E-state index in [9.17, 15) is 13.6 Å². The molecule has 6 heteroatoms. The van der Waals surface area contributed by atoms with E-state index in [0.29, 0.717) is 6.54 Å². The Kier molecular flexibility index (Phi) is 6.40. The summed E-state index contributed by atoms with van der Waals surface area (Å²) in [4.78, 5) is 14.7. The number of benzene rings is 2. The molecule has 1 atom stereocenters. The molecular formula is C21H24F2N2O2. The molecule has 1 fully saturated rings. The number of amides is 1. The monoisotopic (exact) mass is 374 g/mol. The summed E-state index contributed by atoms with van der Waals surface area (Å²) in [5.74, 6) is -1.23. The van der Waals surface area contributed by atoms with Gasteiger partial charge in [0.1, 0.15) is 17.4 Å². The van der Waals surface area contributed by atoms with Crippen molar-refractivity contribution < 1.29 is 18.3 Å². The second kappa shape index (κ2) is 8.95. The van der Waals surface area contributed by atoms with E-state index < -0.39 is 17.5 Å². The maximum absolute atomic E-state index is 13.4. The van der Waals surface area contributed by atoms with Crippen LogP contribution < -0.4 is 10.1 Å². The molecule has 0 spiro atoms. The highest BCUT2D eigenvalue weighted by Crippen LogP contribution is 2.26. The van der Waals surface area contributed by atoms with Crippen molar-refractivity contribution in [3.63, 3.8) is 0 Å². The third-order valence-corrected chi connectivity index (χ3v) is 4.91. The highest BCUT2D eigenvalue weighted by molar-refractivity contribution is 5.94. The molecule has 0 radical (unpaired) electrons. The van der Waals surface area contributed by atoms with Crippen molar-refractivity contribution >= 4 is 5.91 Å². The number of halogens is 2. The fourth-order valence-electron chi connectivity index (χ4n) is 3.49. The third-order valence-electron chi connectivity index (χ3n) is 4.91. The fourth-order valence-corrected chi connectivity index (χ4v) is 3.49. The summed E-state index contributed by atoms with van der Waals surface area (Å²) >= 11 is 0. The molecule has 4 nitrogen and oxygen atoms in total. The summed E-state index contributed by atoms with van der Waals surface area (Å²) in [5, 5.41) is 2.83. The predicted molar refractivity (Wildman–Crippen MR) is 99.9 cm³/mol. The van der Waals surface area contributed by atoms with E-state index in [1.54, 1.807) is 7.11 Å². The Morgan fingerprint density at radius 1 is 1.07 bits per heavy atom. The molecule has 1 amide bonds. The Balaban J connectivity index is 1.75. The Labute approximate surface area is 158 Å². The quantitative estimate of drug-likeness (QED) is 0.833. The summed E-state index contributed by atoms with van der Waals surface area (Å²) in [6, 6.07) is 10.6. The van der Waals surface area contributed by atoms with Crippen LogP contribution in [-0.4, -0.2) is 37.6 Å². The van der Waals surface area contributed by atoms with Crippen LogP contribution in [0.15, 0.2) is 42.5 Å². The Hall–Kier alpha value is -2.47. The van der Waals surface area contributed by atoms with Crippen molar-refractivity contribution in [3.8, 4) is 5.75 Å². The van der Waals surface area contributed by atoms with Crippen LogP contribution in [0.2, 0.25) is 0 Å². The molecule has 1 heterocycles. The van der Waals surface area contributed by atoms with Crippen molar-refractivity contribution in [1.82, 2.24) is 10.2 Å². The number of carbonyl (C=O) groups excluding carboxylic acids is 1. The molecular weight excluding hydrogens is 350 g/mol. The van der Waals surface area contributed by atoms with Crippen LogP contribution >= 0.6 is 0 Å². The van der Waals surface area contributed by atoms with Crippen molar-refractivity contribution in [2.45, 2.75) is 25.3 Å². The molecule has 1 aliphatic rings. The first-order valence-corrected chi connectivity index (χ1v) is 9.19. The van der Waals surface area contributed by atoms with Crippen LogP contribution in [0.3, 0.4) is 0 Å². The number of ether oxygens (including phenoxy) is 1. The van der Waals surface area contributed by atoms with Gasteiger partial charge >= 0.3 is 0 Å². The van der Waals surface area contributed by atoms with Crippen molar-refractivity contribution in [3.05, 3.63) is 65.2 Å². The van der Waals surface area contributed by atoms with E-state index in [4.69, 9.17) is 4.74 Å². The zero-order valence-electron chi connectivity index (χ0n) is 15.4. The number of rotatable bonds is 6. The van der Waals surface area contributed by atoms with E-state index >= 15 is 0 Å². The zero-order valence-corrected chi connectivity index (χ0v) is 15.4. The van der Waals surface area contributed by atoms with E-state index in [1.165, 1.54) is 6.42 Å². The number of hydrogen-bond acceptors (Lipinski definition) is 3. The molecule has 2 aromatic rings. The average molecular weight is 374 g/mol. The summed E-state index contributed by atoms with van der Waals surface area (Å²) in [7, 11) is 1.62. The third kappa shape index (κ3) is 5.04. The summed E-state index contributed by atoms with van der Waals surface area (Å²) in [6.45, 7) is 2.28. The van der Waals surface area contributed by atoms with Gasteiger partial charge in [0.2, 0.25) is 0 Å². The lowest BCUT2D eigenvalue weighted by Gasteiger charge is -2.35. The van der Waals surface area contributed by atoms with Gasteiger partial charge in [-0.15, -0.1) is 0 Å². The van der Waals surface area contributed by atoms with Gasteiger partial charge in [-0.3, -0.25) is 9.69 Å². The van der Waals surface area contributed by atoms with Gasteiger partial charge in [-0.1, -0.05) is 18.6 Å². The molecule has 3 rings (SSSR count). The van der Waals surface area contributed by atoms with Gasteiger partial charge in [-0.2, -0.15) is 0 Å². The zero-order chi connectivity index (χ0) is 19.2. The van der Waals surface area contributed by atoms with Crippen LogP contribution in [0.25, 0.3) is 0 Å². The normalized spacial score (nSPS) is 16.0. The predicted octanol–water partition coefficient (Wildman–Crippen LogP) is 3.93. The first-order chi connectivity index (χ1) is 13.1. The number of nitrogens with one attached hydrogen (secondary N) is 1. The molecule has 144 valence electrons. The topological polar surface area (TPSA) is 41.6 Å². The first-order valence-electron chi connectivity index (χ1n) is 9.19. The molecule has 1 N–H and O–H groups in total. The van der Waals surface area contributed by atoms with Gasteiger partial charge in [0.15, 0.2) is 0 Å². The molecule has 1 aliphatic heterocycles. The van der Waals surface area contributed by atoms with Crippen LogP contribution in [0.4, 0.5) is 8.78 Å². The Morgan fingerprint density at radius 2 is 1.70 bits per heavy atom. The van der Waals surface area contributed by atoms with Crippen molar-refractivity contribution in [1.29, 1.82) is 0 Å². The minimum atomic E-state index is -0.761. The minimum absolute atomic E-state index is 0.00133. The summed E-state index contributed by atoms with van der Waals surface area (Å²) < 4.78 is 32.0. The Morgan fingerprint density at radius 3 is 2.30 bits per heavy atom. The van der Waals surface area contributed by atoms with Crippen LogP contribution in [0, 0.1) is 11.6 Å². The molecule has 0 saturated carbocycles. The van der Waals surface area contributed by atoms with Gasteiger partial charge in [0.05, 0.1) is 13.2 Å². The van der Waals surface area contributed by atoms with Gasteiger partial charge in [0.25, 0.3) is 5.91 Å². The van der Waals surface area contributed by atoms with Gasteiger partial charge < -0.3 is 10.1 Å². The van der Waals surface area contributed by atoms with E-state index in [-0.39, 0.29) is 11.6 Å². The van der Waals surface area contributed by atoms with Crippen LogP contribution in [0.5, 0.6) is 5.75 Å². The number of piperidine rings is 1. The minimum Gasteiger partial charge on any atom is -0.497 e. The molecule has 1 saturated heterocycles. The molecule has 1 unspecified atom stereocenters. The van der Waals surface area contributed by atoms with Crippen LogP contribution in [0.1, 0.15) is 41.2 Å². The number of likely N-dealkylation sites (tertiary alicyclic amines) is 1. The highest BCUT2D eigenvalue weighted by atomic mass is 19.1. The number of methoxy groups -OCH3 is 1. The van der Waals surface area contributed by atoms with E-state index in [1.807, 2.05) is 24.3 Å². The number of carbonyl (C=O) groups is 1. The van der Waals surface area contributed by atoms with Gasteiger partial charge in [0, 0.05) is 18.2 Å². The fraction of sp³-hybridized carbons (Fsp3) is 0.381. The van der Waals surface area contributed by atoms with Crippen molar-refractivity contribution in [2.75, 3.05) is 26.7 Å². The first kappa shape index (κ1) is 19.3. The second-order valence-electron chi connectivity index (χ2n) is 6.75. The lowest BCUT2D eigenvalue weighted by molar-refractivity contribution is 0.0923. The second-order valence-corrected chi connectivity index (χ2v) is 6.75.